The van der Waals surface area contributed by atoms with Gasteiger partial charge in [-0.15, -0.1) is 0 Å². The first-order valence-corrected chi connectivity index (χ1v) is 15.6. The Hall–Kier alpha value is -2.10. The van der Waals surface area contributed by atoms with Gasteiger partial charge in [0, 0.05) is 5.56 Å². The van der Waals surface area contributed by atoms with Crippen LogP contribution in [0.25, 0.3) is 5.57 Å². The molecule has 212 valence electrons. The molecule has 1 unspecified atom stereocenters. The number of allylic oxidation sites excluding steroid dienone is 2. The summed E-state index contributed by atoms with van der Waals surface area (Å²) >= 11 is 0. The molecule has 0 bridgehead atoms. The summed E-state index contributed by atoms with van der Waals surface area (Å²) in [5.74, 6) is 0.0932. The van der Waals surface area contributed by atoms with Gasteiger partial charge >= 0.3 is 0 Å². The topological polar surface area (TPSA) is 0 Å². The smallest absolute Gasteiger partial charge is 0.159 e. The second-order valence-electron chi connectivity index (χ2n) is 12.6. The lowest BCUT2D eigenvalue weighted by Crippen LogP contribution is -2.23. The van der Waals surface area contributed by atoms with E-state index in [1.165, 1.54) is 50.7 Å². The maximum atomic E-state index is 15.3. The summed E-state index contributed by atoms with van der Waals surface area (Å²) < 4.78 is 57.6. The van der Waals surface area contributed by atoms with Gasteiger partial charge in [-0.2, -0.15) is 0 Å². The predicted octanol–water partition coefficient (Wildman–Crippen LogP) is 11.3. The number of halogens is 4. The van der Waals surface area contributed by atoms with Crippen molar-refractivity contribution in [1.82, 2.24) is 0 Å². The Morgan fingerprint density at radius 2 is 1.28 bits per heavy atom. The van der Waals surface area contributed by atoms with Crippen molar-refractivity contribution in [2.75, 3.05) is 0 Å². The van der Waals surface area contributed by atoms with E-state index in [0.717, 1.165) is 74.0 Å². The molecule has 1 atom stereocenters. The Morgan fingerprint density at radius 1 is 0.641 bits per heavy atom. The normalized spacial score (nSPS) is 27.8. The van der Waals surface area contributed by atoms with Crippen molar-refractivity contribution in [3.63, 3.8) is 0 Å². The first-order valence-electron chi connectivity index (χ1n) is 15.6. The second kappa shape index (κ2) is 13.0. The number of rotatable bonds is 8. The van der Waals surface area contributed by atoms with E-state index in [4.69, 9.17) is 0 Å². The van der Waals surface area contributed by atoms with Crippen LogP contribution in [0, 0.1) is 41.0 Å². The van der Waals surface area contributed by atoms with Crippen LogP contribution in [0.5, 0.6) is 0 Å². The van der Waals surface area contributed by atoms with Crippen molar-refractivity contribution in [2.45, 2.75) is 115 Å². The SMILES string of the molecule is CCCCCC1CCC(c2cc(F)c(C3=CCC(C4CCC(c5ccc(F)c(F)c5)CC4)CC3)c(F)c2)CC1. The molecule has 2 saturated carbocycles. The van der Waals surface area contributed by atoms with Crippen LogP contribution in [-0.4, -0.2) is 0 Å². The Balaban J connectivity index is 1.15. The van der Waals surface area contributed by atoms with Crippen molar-refractivity contribution in [3.8, 4) is 0 Å². The Morgan fingerprint density at radius 3 is 1.90 bits per heavy atom. The molecule has 0 amide bonds. The van der Waals surface area contributed by atoms with Crippen molar-refractivity contribution < 1.29 is 17.6 Å². The minimum absolute atomic E-state index is 0.187. The molecule has 0 nitrogen and oxygen atoms in total. The van der Waals surface area contributed by atoms with Crippen LogP contribution in [0.2, 0.25) is 0 Å². The fourth-order valence-corrected chi connectivity index (χ4v) is 7.80. The highest BCUT2D eigenvalue weighted by molar-refractivity contribution is 5.67. The van der Waals surface area contributed by atoms with Gasteiger partial charge in [-0.3, -0.25) is 0 Å². The van der Waals surface area contributed by atoms with E-state index < -0.39 is 23.3 Å². The van der Waals surface area contributed by atoms with E-state index in [9.17, 15) is 8.78 Å². The first-order chi connectivity index (χ1) is 18.9. The average Bonchev–Trinajstić information content (AvgIpc) is 2.95. The van der Waals surface area contributed by atoms with E-state index in [-0.39, 0.29) is 17.4 Å². The average molecular weight is 541 g/mol. The third kappa shape index (κ3) is 6.80. The molecule has 0 aliphatic heterocycles. The second-order valence-corrected chi connectivity index (χ2v) is 12.6. The summed E-state index contributed by atoms with van der Waals surface area (Å²) in [4.78, 5) is 0. The molecular weight excluding hydrogens is 496 g/mol. The van der Waals surface area contributed by atoms with E-state index >= 15 is 8.78 Å². The number of benzene rings is 2. The molecule has 5 rings (SSSR count). The summed E-state index contributed by atoms with van der Waals surface area (Å²) in [6.07, 6.45) is 18.3. The first kappa shape index (κ1) is 28.4. The van der Waals surface area contributed by atoms with Crippen LogP contribution >= 0.6 is 0 Å². The lowest BCUT2D eigenvalue weighted by molar-refractivity contribution is 0.220. The van der Waals surface area contributed by atoms with Gasteiger partial charge in [-0.05, 0) is 141 Å². The lowest BCUT2D eigenvalue weighted by Gasteiger charge is -2.36. The van der Waals surface area contributed by atoms with E-state index in [2.05, 4.69) is 13.0 Å². The fraction of sp³-hybridized carbons (Fsp3) is 0.600. The predicted molar refractivity (Wildman–Crippen MR) is 152 cm³/mol. The summed E-state index contributed by atoms with van der Waals surface area (Å²) in [6.45, 7) is 2.24. The quantitative estimate of drug-likeness (QED) is 0.231. The van der Waals surface area contributed by atoms with Gasteiger partial charge < -0.3 is 0 Å². The molecule has 0 spiro atoms. The number of unbranched alkanes of at least 4 members (excludes halogenated alkanes) is 2. The largest absolute Gasteiger partial charge is 0.206 e. The Bertz CT molecular complexity index is 1110. The Labute approximate surface area is 232 Å². The van der Waals surface area contributed by atoms with Gasteiger partial charge in [0.2, 0.25) is 0 Å². The van der Waals surface area contributed by atoms with Crippen LogP contribution in [0.15, 0.2) is 36.4 Å². The van der Waals surface area contributed by atoms with Crippen molar-refractivity contribution in [2.24, 2.45) is 17.8 Å². The molecule has 3 aliphatic carbocycles. The third-order valence-corrected chi connectivity index (χ3v) is 10.2. The Kier molecular flexibility index (Phi) is 9.51. The highest BCUT2D eigenvalue weighted by Gasteiger charge is 2.31. The zero-order chi connectivity index (χ0) is 27.4. The minimum Gasteiger partial charge on any atom is -0.206 e. The monoisotopic (exact) mass is 540 g/mol. The summed E-state index contributed by atoms with van der Waals surface area (Å²) in [5.41, 5.74) is 2.75. The van der Waals surface area contributed by atoms with Crippen LogP contribution in [0.4, 0.5) is 17.6 Å². The van der Waals surface area contributed by atoms with Crippen LogP contribution in [-0.2, 0) is 0 Å². The maximum absolute atomic E-state index is 15.3. The molecule has 4 heteroatoms. The minimum atomic E-state index is -0.792. The lowest BCUT2D eigenvalue weighted by atomic mass is 9.70. The fourth-order valence-electron chi connectivity index (χ4n) is 7.80. The molecule has 2 aromatic carbocycles. The van der Waals surface area contributed by atoms with Gasteiger partial charge in [0.05, 0.1) is 0 Å². The van der Waals surface area contributed by atoms with Crippen molar-refractivity contribution in [3.05, 3.63) is 76.4 Å². The van der Waals surface area contributed by atoms with Crippen LogP contribution < -0.4 is 0 Å². The standard InChI is InChI=1S/C35H44F4/c1-2-3-4-5-23-6-8-27(9-7-23)30-21-33(38)35(34(39)22-30)28-16-14-25(15-17-28)24-10-12-26(13-11-24)29-18-19-31(36)32(37)20-29/h16,18-27H,2-15,17H2,1H3. The van der Waals surface area contributed by atoms with Gasteiger partial charge in [-0.1, -0.05) is 44.7 Å². The van der Waals surface area contributed by atoms with Gasteiger partial charge in [0.1, 0.15) is 11.6 Å². The van der Waals surface area contributed by atoms with Crippen molar-refractivity contribution in [1.29, 1.82) is 0 Å². The van der Waals surface area contributed by atoms with Crippen LogP contribution in [0.3, 0.4) is 0 Å². The van der Waals surface area contributed by atoms with E-state index in [1.807, 2.05) is 0 Å². The maximum Gasteiger partial charge on any atom is 0.159 e. The molecule has 0 aromatic heterocycles. The molecule has 0 saturated heterocycles. The molecule has 0 radical (unpaired) electrons. The molecular formula is C35H44F4. The number of hydrogen-bond donors (Lipinski definition) is 0. The molecule has 39 heavy (non-hydrogen) atoms. The molecule has 3 aliphatic rings. The van der Waals surface area contributed by atoms with Crippen molar-refractivity contribution >= 4 is 5.57 Å². The summed E-state index contributed by atoms with van der Waals surface area (Å²) in [7, 11) is 0. The highest BCUT2D eigenvalue weighted by Crippen LogP contribution is 2.45. The van der Waals surface area contributed by atoms with E-state index in [0.29, 0.717) is 18.3 Å². The summed E-state index contributed by atoms with van der Waals surface area (Å²) in [6, 6.07) is 7.53. The molecule has 2 fully saturated rings. The van der Waals surface area contributed by atoms with Gasteiger partial charge in [0.15, 0.2) is 11.6 Å². The molecule has 0 heterocycles. The highest BCUT2D eigenvalue weighted by atomic mass is 19.2. The zero-order valence-corrected chi connectivity index (χ0v) is 23.5. The van der Waals surface area contributed by atoms with Gasteiger partial charge in [-0.25, -0.2) is 17.6 Å². The number of hydrogen-bond acceptors (Lipinski definition) is 0. The van der Waals surface area contributed by atoms with Gasteiger partial charge in [0.25, 0.3) is 0 Å². The van der Waals surface area contributed by atoms with E-state index in [1.54, 1.807) is 18.2 Å². The third-order valence-electron chi connectivity index (χ3n) is 10.2. The molecule has 2 aromatic rings. The van der Waals surface area contributed by atoms with Crippen LogP contribution in [0.1, 0.15) is 132 Å². The molecule has 0 N–H and O–H groups in total. The summed E-state index contributed by atoms with van der Waals surface area (Å²) in [5, 5.41) is 0. The zero-order valence-electron chi connectivity index (χ0n) is 23.5.